The lowest BCUT2D eigenvalue weighted by Gasteiger charge is -2.36. The zero-order valence-electron chi connectivity index (χ0n) is 41.8. The number of nitrogens with zero attached hydrogens (tertiary/aromatic N) is 2. The molecule has 0 saturated carbocycles. The van der Waals surface area contributed by atoms with E-state index in [-0.39, 0.29) is 72.9 Å². The summed E-state index contributed by atoms with van der Waals surface area (Å²) in [7, 11) is 3.33. The molecule has 4 rings (SSSR count). The van der Waals surface area contributed by atoms with E-state index in [2.05, 4.69) is 43.3 Å². The fourth-order valence-electron chi connectivity index (χ4n) is 9.26. The number of hydrogen-bond donors (Lipinski definition) is 7. The van der Waals surface area contributed by atoms with Gasteiger partial charge in [-0.25, -0.2) is 0 Å². The Kier molecular flexibility index (Phi) is 20.3. The zero-order chi connectivity index (χ0) is 49.6. The molecule has 3 aliphatic rings. The van der Waals surface area contributed by atoms with Crippen molar-refractivity contribution in [1.29, 1.82) is 0 Å². The van der Waals surface area contributed by atoms with Crippen LogP contribution in [0.15, 0.2) is 24.3 Å². The summed E-state index contributed by atoms with van der Waals surface area (Å²) in [5, 5.41) is 20.9. The van der Waals surface area contributed by atoms with Crippen LogP contribution in [0, 0.1) is 10.8 Å². The summed E-state index contributed by atoms with van der Waals surface area (Å²) in [6.45, 7) is 14.9. The Hall–Kier alpha value is -4.90. The second kappa shape index (κ2) is 24.9. The number of carbonyl (C=O) groups is 8. The molecule has 2 saturated heterocycles. The maximum absolute atomic E-state index is 14.4. The molecule has 1 aromatic rings. The fraction of sp³-hybridized carbons (Fsp3) is 0.720. The first-order valence-electron chi connectivity index (χ1n) is 24.6. The summed E-state index contributed by atoms with van der Waals surface area (Å²) in [6, 6.07) is 2.78. The minimum absolute atomic E-state index is 0.141. The number of likely N-dealkylation sites (tertiary alicyclic amines) is 2. The van der Waals surface area contributed by atoms with Crippen molar-refractivity contribution < 1.29 is 38.4 Å². The van der Waals surface area contributed by atoms with Crippen LogP contribution in [0.2, 0.25) is 0 Å². The second-order valence-electron chi connectivity index (χ2n) is 21.1. The summed E-state index contributed by atoms with van der Waals surface area (Å²) in [4.78, 5) is 109. The first-order valence-corrected chi connectivity index (χ1v) is 24.6. The monoisotopic (exact) mass is 936 g/mol. The maximum Gasteiger partial charge on any atom is 0.246 e. The molecule has 0 radical (unpaired) electrons. The van der Waals surface area contributed by atoms with Crippen LogP contribution >= 0.6 is 0 Å². The van der Waals surface area contributed by atoms with Crippen molar-refractivity contribution in [2.45, 2.75) is 193 Å². The van der Waals surface area contributed by atoms with Gasteiger partial charge in [0, 0.05) is 38.0 Å². The van der Waals surface area contributed by atoms with Gasteiger partial charge < -0.3 is 51.8 Å². The molecule has 1 aromatic carbocycles. The third-order valence-corrected chi connectivity index (χ3v) is 13.6. The lowest BCUT2D eigenvalue weighted by molar-refractivity contribution is -0.144. The van der Waals surface area contributed by atoms with E-state index in [1.165, 1.54) is 10.5 Å². The van der Waals surface area contributed by atoms with Gasteiger partial charge in [-0.15, -0.1) is 0 Å². The Morgan fingerprint density at radius 2 is 1.15 bits per heavy atom. The Balaban J connectivity index is 1.23. The second-order valence-corrected chi connectivity index (χ2v) is 21.1. The zero-order valence-corrected chi connectivity index (χ0v) is 41.8. The van der Waals surface area contributed by atoms with Gasteiger partial charge in [-0.1, -0.05) is 91.5 Å². The van der Waals surface area contributed by atoms with Gasteiger partial charge in [-0.05, 0) is 94.8 Å². The summed E-state index contributed by atoms with van der Waals surface area (Å²) >= 11 is 0. The number of aryl methyl sites for hydroxylation is 1. The maximum atomic E-state index is 14.4. The van der Waals surface area contributed by atoms with Gasteiger partial charge in [0.1, 0.15) is 24.4 Å². The third kappa shape index (κ3) is 15.6. The Bertz CT molecular complexity index is 1900. The molecule has 2 heterocycles. The number of unbranched alkanes of at least 4 members (excludes halogenated alkanes) is 5. The van der Waals surface area contributed by atoms with Gasteiger partial charge in [0.15, 0.2) is 0 Å². The molecular weight excluding hydrogens is 855 g/mol. The molecule has 0 bridgehead atoms. The number of aldehydes is 1. The third-order valence-electron chi connectivity index (χ3n) is 13.6. The van der Waals surface area contributed by atoms with Crippen molar-refractivity contribution in [3.63, 3.8) is 0 Å². The Morgan fingerprint density at radius 3 is 1.66 bits per heavy atom. The number of fused-ring (bicyclic) bond motifs is 1. The fourth-order valence-corrected chi connectivity index (χ4v) is 9.26. The van der Waals surface area contributed by atoms with Gasteiger partial charge in [0.2, 0.25) is 41.4 Å². The summed E-state index contributed by atoms with van der Waals surface area (Å²) < 4.78 is 0. The van der Waals surface area contributed by atoms with E-state index in [4.69, 9.17) is 0 Å². The van der Waals surface area contributed by atoms with Gasteiger partial charge in [-0.3, -0.25) is 33.6 Å². The number of likely N-dealkylation sites (N-methyl/N-ethyl adjacent to an activating group) is 2. The van der Waals surface area contributed by atoms with Crippen LogP contribution in [0.4, 0.5) is 0 Å². The predicted octanol–water partition coefficient (Wildman–Crippen LogP) is 2.95. The Labute approximate surface area is 398 Å². The van der Waals surface area contributed by atoms with E-state index in [0.29, 0.717) is 32.1 Å². The molecule has 7 amide bonds. The number of carbonyl (C=O) groups excluding carboxylic acids is 8. The highest BCUT2D eigenvalue weighted by Gasteiger charge is 2.46. The minimum Gasteiger partial charge on any atom is -0.351 e. The van der Waals surface area contributed by atoms with Gasteiger partial charge >= 0.3 is 0 Å². The van der Waals surface area contributed by atoms with Crippen LogP contribution in [0.5, 0.6) is 0 Å². The van der Waals surface area contributed by atoms with E-state index in [1.54, 1.807) is 32.8 Å². The van der Waals surface area contributed by atoms with Gasteiger partial charge in [0.25, 0.3) is 0 Å². The molecule has 374 valence electrons. The molecule has 0 spiro atoms. The van der Waals surface area contributed by atoms with Crippen LogP contribution in [-0.2, 0) is 44.8 Å². The SMILES string of the molecule is CN[C@@H](C)C(=O)N[C@H](C(=O)N1C[C@@H](NC(=O)CCCCCCCCC(=O)N[C@H]2C[C@@H](C(=O)N[C@@H]3CCCc4ccccc43)N(C(=O)[C@@H](NC(=O)[C@H](C)NC)C(C)(C)C)C2)C[C@H]1C=O)C(C)(C)C. The van der Waals surface area contributed by atoms with Crippen molar-refractivity contribution in [2.75, 3.05) is 27.2 Å². The van der Waals surface area contributed by atoms with Crippen LogP contribution in [0.3, 0.4) is 0 Å². The average Bonchev–Trinajstić information content (AvgIpc) is 3.90. The summed E-state index contributed by atoms with van der Waals surface area (Å²) in [6.07, 6.45) is 9.33. The normalized spacial score (nSPS) is 22.4. The smallest absolute Gasteiger partial charge is 0.246 e. The number of amides is 7. The van der Waals surface area contributed by atoms with E-state index < -0.39 is 53.1 Å². The van der Waals surface area contributed by atoms with Gasteiger partial charge in [0.05, 0.1) is 24.2 Å². The van der Waals surface area contributed by atoms with Crippen LogP contribution in [0.25, 0.3) is 0 Å². The highest BCUT2D eigenvalue weighted by molar-refractivity contribution is 5.95. The van der Waals surface area contributed by atoms with Crippen LogP contribution in [-0.4, -0.2) is 133 Å². The molecule has 2 fully saturated rings. The Morgan fingerprint density at radius 1 is 0.672 bits per heavy atom. The molecule has 17 heteroatoms. The number of benzene rings is 1. The lowest BCUT2D eigenvalue weighted by Crippen LogP contribution is -2.59. The topological polar surface area (TPSA) is 227 Å². The van der Waals surface area contributed by atoms with Crippen molar-refractivity contribution in [1.82, 2.24) is 47.0 Å². The van der Waals surface area contributed by atoms with E-state index >= 15 is 0 Å². The summed E-state index contributed by atoms with van der Waals surface area (Å²) in [5.74, 6) is -1.92. The number of rotatable bonds is 22. The first-order chi connectivity index (χ1) is 31.6. The predicted molar refractivity (Wildman–Crippen MR) is 257 cm³/mol. The van der Waals surface area contributed by atoms with Crippen molar-refractivity contribution in [3.05, 3.63) is 35.4 Å². The lowest BCUT2D eigenvalue weighted by atomic mass is 9.85. The standard InChI is InChI=1S/C50H81N9O8/c1-31(51-9)44(63)56-42(49(3,4)5)47(66)58-28-34(26-36(58)30-60)53-40(61)24-15-13-11-12-14-16-25-41(62)54-35-27-39(46(65)55-38-23-19-21-33-20-17-18-22-37(33)38)59(29-35)48(67)43(50(6,7)8)57-45(64)32(2)52-10/h17-18,20,22,30-32,34-36,38-39,42-43,51-52H,11-16,19,21,23-29H2,1-10H3,(H,53,61)(H,54,62)(H,55,65)(H,56,63)(H,57,64)/t31-,32-,34-,35-,36-,38+,39-,42+,43+/m0/s1. The molecule has 0 aromatic heterocycles. The highest BCUT2D eigenvalue weighted by atomic mass is 16.2. The van der Waals surface area contributed by atoms with Crippen LogP contribution < -0.4 is 37.2 Å². The molecule has 67 heavy (non-hydrogen) atoms. The quantitative estimate of drug-likeness (QED) is 0.0665. The van der Waals surface area contributed by atoms with E-state index in [9.17, 15) is 38.4 Å². The van der Waals surface area contributed by atoms with Gasteiger partial charge in [-0.2, -0.15) is 0 Å². The average molecular weight is 936 g/mol. The van der Waals surface area contributed by atoms with E-state index in [0.717, 1.165) is 56.8 Å². The molecule has 0 unspecified atom stereocenters. The largest absolute Gasteiger partial charge is 0.351 e. The molecule has 7 N–H and O–H groups in total. The molecule has 2 aliphatic heterocycles. The van der Waals surface area contributed by atoms with E-state index in [1.807, 2.05) is 59.7 Å². The van der Waals surface area contributed by atoms with Crippen LogP contribution in [0.1, 0.15) is 150 Å². The van der Waals surface area contributed by atoms with Crippen molar-refractivity contribution >= 4 is 47.6 Å². The molecule has 1 aliphatic carbocycles. The van der Waals surface area contributed by atoms with Crippen molar-refractivity contribution in [2.24, 2.45) is 10.8 Å². The molecular formula is C50H81N9O8. The van der Waals surface area contributed by atoms with Crippen molar-refractivity contribution in [3.8, 4) is 0 Å². The highest BCUT2D eigenvalue weighted by Crippen LogP contribution is 2.32. The first kappa shape index (κ1) is 54.7. The number of nitrogens with one attached hydrogen (secondary N) is 7. The minimum atomic E-state index is -0.904. The number of hydrogen-bond acceptors (Lipinski definition) is 10. The summed E-state index contributed by atoms with van der Waals surface area (Å²) in [5.41, 5.74) is 1.01. The molecule has 9 atom stereocenters. The molecule has 17 nitrogen and oxygen atoms in total.